The van der Waals surface area contributed by atoms with Gasteiger partial charge in [0, 0.05) is 23.4 Å². The second-order valence-electron chi connectivity index (χ2n) is 5.61. The Balaban J connectivity index is 0.000000745. The normalized spacial score (nSPS) is 11.9. The number of hydrogen-bond donors (Lipinski definition) is 1. The summed E-state index contributed by atoms with van der Waals surface area (Å²) in [5, 5.41) is 1.25. The summed E-state index contributed by atoms with van der Waals surface area (Å²) in [6, 6.07) is 7.00. The molecule has 0 saturated heterocycles. The minimum atomic E-state index is 0.250. The van der Waals surface area contributed by atoms with Crippen LogP contribution in [-0.2, 0) is 4.79 Å². The molecule has 2 N–H and O–H groups in total. The molecule has 2 rings (SSSR count). The quantitative estimate of drug-likeness (QED) is 0.859. The standard InChI is InChI=1S/C15H23N3S.CH3NO/c1-11(8-9-17(3)4)18(5)14-7-6-13-10-12(2)19-15(13)16-14;2-1-3/h6-7,10-11H,8-9H2,1-5H3;1H,(H2,2,3). The van der Waals surface area contributed by atoms with E-state index in [9.17, 15) is 0 Å². The first-order chi connectivity index (χ1) is 10.4. The summed E-state index contributed by atoms with van der Waals surface area (Å²) in [7, 11) is 6.37. The zero-order chi connectivity index (χ0) is 16.7. The molecule has 0 aliphatic heterocycles. The van der Waals surface area contributed by atoms with E-state index in [-0.39, 0.29) is 6.41 Å². The summed E-state index contributed by atoms with van der Waals surface area (Å²) in [6.45, 7) is 5.50. The van der Waals surface area contributed by atoms with E-state index in [2.05, 4.69) is 68.7 Å². The summed E-state index contributed by atoms with van der Waals surface area (Å²) < 4.78 is 0. The van der Waals surface area contributed by atoms with Crippen LogP contribution in [0.25, 0.3) is 10.2 Å². The maximum Gasteiger partial charge on any atom is 0.204 e. The Morgan fingerprint density at radius 2 is 2.00 bits per heavy atom. The van der Waals surface area contributed by atoms with E-state index in [1.807, 2.05) is 0 Å². The predicted molar refractivity (Wildman–Crippen MR) is 95.6 cm³/mol. The molecular weight excluding hydrogens is 296 g/mol. The molecule has 122 valence electrons. The number of aromatic nitrogens is 1. The third kappa shape index (κ3) is 5.27. The van der Waals surface area contributed by atoms with Crippen molar-refractivity contribution >= 4 is 33.8 Å². The number of aryl methyl sites for hydroxylation is 1. The summed E-state index contributed by atoms with van der Waals surface area (Å²) in [5.41, 5.74) is 4.17. The largest absolute Gasteiger partial charge is 0.372 e. The first-order valence-electron chi connectivity index (χ1n) is 7.29. The van der Waals surface area contributed by atoms with Gasteiger partial charge in [0.1, 0.15) is 10.6 Å². The van der Waals surface area contributed by atoms with Gasteiger partial charge in [-0.05, 0) is 59.1 Å². The lowest BCUT2D eigenvalue weighted by Crippen LogP contribution is -2.32. The van der Waals surface area contributed by atoms with Crippen LogP contribution in [0.4, 0.5) is 5.82 Å². The van der Waals surface area contributed by atoms with E-state index in [0.29, 0.717) is 6.04 Å². The second kappa shape index (κ2) is 8.70. The van der Waals surface area contributed by atoms with Gasteiger partial charge >= 0.3 is 0 Å². The van der Waals surface area contributed by atoms with Gasteiger partial charge in [0.05, 0.1) is 0 Å². The molecule has 2 heterocycles. The summed E-state index contributed by atoms with van der Waals surface area (Å²) in [6.07, 6.45) is 1.40. The Labute approximate surface area is 136 Å². The Morgan fingerprint density at radius 1 is 1.36 bits per heavy atom. The van der Waals surface area contributed by atoms with Crippen molar-refractivity contribution in [2.75, 3.05) is 32.6 Å². The van der Waals surface area contributed by atoms with Crippen LogP contribution in [0.1, 0.15) is 18.2 Å². The van der Waals surface area contributed by atoms with Crippen LogP contribution in [0.2, 0.25) is 0 Å². The lowest BCUT2D eigenvalue weighted by molar-refractivity contribution is -0.106. The SMILES string of the molecule is Cc1cc2ccc(N(C)C(C)CCN(C)C)nc2s1.NC=O. The summed E-state index contributed by atoms with van der Waals surface area (Å²) >= 11 is 1.77. The number of fused-ring (bicyclic) bond motifs is 1. The van der Waals surface area contributed by atoms with Crippen LogP contribution in [-0.4, -0.2) is 50.0 Å². The van der Waals surface area contributed by atoms with Crippen molar-refractivity contribution in [3.8, 4) is 0 Å². The molecule has 0 aliphatic carbocycles. The molecule has 6 heteroatoms. The van der Waals surface area contributed by atoms with Crippen molar-refractivity contribution in [3.05, 3.63) is 23.1 Å². The Morgan fingerprint density at radius 3 is 2.59 bits per heavy atom. The zero-order valence-electron chi connectivity index (χ0n) is 14.0. The van der Waals surface area contributed by atoms with Gasteiger partial charge in [-0.2, -0.15) is 0 Å². The molecule has 0 spiro atoms. The van der Waals surface area contributed by atoms with Gasteiger partial charge in [-0.15, -0.1) is 11.3 Å². The van der Waals surface area contributed by atoms with Gasteiger partial charge in [-0.25, -0.2) is 4.98 Å². The number of pyridine rings is 1. The van der Waals surface area contributed by atoms with Crippen LogP contribution in [0.15, 0.2) is 18.2 Å². The molecule has 0 fully saturated rings. The topological polar surface area (TPSA) is 62.5 Å². The third-order valence-corrected chi connectivity index (χ3v) is 4.47. The highest BCUT2D eigenvalue weighted by atomic mass is 32.1. The number of nitrogens with two attached hydrogens (primary N) is 1. The molecular formula is C16H26N4OS. The second-order valence-corrected chi connectivity index (χ2v) is 6.84. The lowest BCUT2D eigenvalue weighted by atomic mass is 10.2. The van der Waals surface area contributed by atoms with Crippen LogP contribution in [0.3, 0.4) is 0 Å². The Hall–Kier alpha value is -1.66. The van der Waals surface area contributed by atoms with E-state index in [0.717, 1.165) is 23.6 Å². The van der Waals surface area contributed by atoms with Gasteiger partial charge in [0.25, 0.3) is 0 Å². The van der Waals surface area contributed by atoms with Crippen LogP contribution in [0.5, 0.6) is 0 Å². The predicted octanol–water partition coefficient (Wildman–Crippen LogP) is 2.48. The van der Waals surface area contributed by atoms with Gasteiger partial charge in [0.2, 0.25) is 6.41 Å². The molecule has 0 aromatic carbocycles. The molecule has 5 nitrogen and oxygen atoms in total. The maximum atomic E-state index is 8.58. The third-order valence-electron chi connectivity index (χ3n) is 3.51. The van der Waals surface area contributed by atoms with Crippen molar-refractivity contribution < 1.29 is 4.79 Å². The van der Waals surface area contributed by atoms with Crippen molar-refractivity contribution in [1.82, 2.24) is 9.88 Å². The maximum absolute atomic E-state index is 8.58. The van der Waals surface area contributed by atoms with Gasteiger partial charge in [0.15, 0.2) is 0 Å². The first-order valence-corrected chi connectivity index (χ1v) is 8.10. The first kappa shape index (κ1) is 18.4. The van der Waals surface area contributed by atoms with Gasteiger partial charge < -0.3 is 15.5 Å². The molecule has 0 saturated carbocycles. The molecule has 1 atom stereocenters. The number of amides is 1. The fourth-order valence-electron chi connectivity index (χ4n) is 2.09. The highest BCUT2D eigenvalue weighted by Gasteiger charge is 2.12. The van der Waals surface area contributed by atoms with Crippen molar-refractivity contribution in [2.45, 2.75) is 26.3 Å². The number of primary amides is 1. The minimum Gasteiger partial charge on any atom is -0.372 e. The number of rotatable bonds is 5. The highest BCUT2D eigenvalue weighted by Crippen LogP contribution is 2.26. The molecule has 1 unspecified atom stereocenters. The number of carbonyl (C=O) groups is 1. The van der Waals surface area contributed by atoms with Crippen molar-refractivity contribution in [1.29, 1.82) is 0 Å². The number of hydrogen-bond acceptors (Lipinski definition) is 5. The average molecular weight is 322 g/mol. The summed E-state index contributed by atoms with van der Waals surface area (Å²) in [5.74, 6) is 1.07. The monoisotopic (exact) mass is 322 g/mol. The molecule has 0 aliphatic rings. The molecule has 22 heavy (non-hydrogen) atoms. The Bertz CT molecular complexity index is 597. The van der Waals surface area contributed by atoms with Crippen molar-refractivity contribution in [2.24, 2.45) is 5.73 Å². The average Bonchev–Trinajstić information content (AvgIpc) is 2.83. The molecule has 2 aromatic rings. The summed E-state index contributed by atoms with van der Waals surface area (Å²) in [4.78, 5) is 20.3. The van der Waals surface area contributed by atoms with E-state index in [1.165, 1.54) is 10.3 Å². The minimum absolute atomic E-state index is 0.250. The van der Waals surface area contributed by atoms with E-state index in [1.54, 1.807) is 11.3 Å². The van der Waals surface area contributed by atoms with Gasteiger partial charge in [-0.3, -0.25) is 4.79 Å². The van der Waals surface area contributed by atoms with Gasteiger partial charge in [-0.1, -0.05) is 0 Å². The number of thiophene rings is 1. The Kier molecular flexibility index (Phi) is 7.27. The zero-order valence-corrected chi connectivity index (χ0v) is 14.9. The molecule has 0 bridgehead atoms. The fraction of sp³-hybridized carbons (Fsp3) is 0.500. The number of carbonyl (C=O) groups excluding carboxylic acids is 1. The van der Waals surface area contributed by atoms with E-state index < -0.39 is 0 Å². The molecule has 2 aromatic heterocycles. The van der Waals surface area contributed by atoms with Crippen LogP contribution < -0.4 is 10.6 Å². The van der Waals surface area contributed by atoms with E-state index >= 15 is 0 Å². The van der Waals surface area contributed by atoms with Crippen LogP contribution >= 0.6 is 11.3 Å². The van der Waals surface area contributed by atoms with Crippen molar-refractivity contribution in [3.63, 3.8) is 0 Å². The molecule has 1 amide bonds. The number of anilines is 1. The number of nitrogens with zero attached hydrogens (tertiary/aromatic N) is 3. The lowest BCUT2D eigenvalue weighted by Gasteiger charge is -2.27. The molecule has 0 radical (unpaired) electrons. The van der Waals surface area contributed by atoms with Crippen LogP contribution in [0, 0.1) is 6.92 Å². The fourth-order valence-corrected chi connectivity index (χ4v) is 2.97. The smallest absolute Gasteiger partial charge is 0.204 e. The highest BCUT2D eigenvalue weighted by molar-refractivity contribution is 7.18. The van der Waals surface area contributed by atoms with E-state index in [4.69, 9.17) is 9.78 Å².